The molecule has 0 amide bonds. The van der Waals surface area contributed by atoms with Crippen LogP contribution in [0.4, 0.5) is 0 Å². The van der Waals surface area contributed by atoms with Gasteiger partial charge in [-0.05, 0) is 0 Å². The van der Waals surface area contributed by atoms with Gasteiger partial charge in [0.1, 0.15) is 12.1 Å². The molecule has 9 heteroatoms. The maximum atomic E-state index is 10.3. The Morgan fingerprint density at radius 3 is 1.56 bits per heavy atom. The van der Waals surface area contributed by atoms with E-state index < -0.39 is 24.0 Å². The fraction of sp³-hybridized carbons (Fsp3) is 0.714. The molecule has 2 atom stereocenters. The van der Waals surface area contributed by atoms with E-state index in [1.807, 2.05) is 0 Å². The minimum absolute atomic E-state index is 0. The lowest BCUT2D eigenvalue weighted by Crippen LogP contribution is -2.33. The molecule has 2 unspecified atom stereocenters. The standard InChI is InChI=1S/C7H14N2O4S2.ClH/c8-4(6(10)11)1-14-3-15-2-5(9)7(12)13;/h4-5H,1-3,8-9H2,(H,10,11)(H,12,13);1H. The van der Waals surface area contributed by atoms with E-state index in [-0.39, 0.29) is 12.4 Å². The summed E-state index contributed by atoms with van der Waals surface area (Å²) < 4.78 is 0. The van der Waals surface area contributed by atoms with Gasteiger partial charge >= 0.3 is 11.9 Å². The molecule has 0 rings (SSSR count). The first-order valence-corrected chi connectivity index (χ1v) is 6.38. The number of halogens is 1. The highest BCUT2D eigenvalue weighted by atomic mass is 35.5. The zero-order valence-electron chi connectivity index (χ0n) is 8.37. The zero-order valence-corrected chi connectivity index (χ0v) is 10.8. The van der Waals surface area contributed by atoms with Crippen molar-refractivity contribution in [1.29, 1.82) is 0 Å². The summed E-state index contributed by atoms with van der Waals surface area (Å²) in [6.07, 6.45) is 0. The Morgan fingerprint density at radius 1 is 1.00 bits per heavy atom. The highest BCUT2D eigenvalue weighted by Gasteiger charge is 2.12. The van der Waals surface area contributed by atoms with Gasteiger partial charge in [0.05, 0.1) is 0 Å². The molecule has 96 valence electrons. The fourth-order valence-electron chi connectivity index (χ4n) is 0.552. The monoisotopic (exact) mass is 290 g/mol. The van der Waals surface area contributed by atoms with Gasteiger partial charge in [0, 0.05) is 16.6 Å². The molecule has 0 saturated heterocycles. The van der Waals surface area contributed by atoms with E-state index >= 15 is 0 Å². The van der Waals surface area contributed by atoms with Crippen molar-refractivity contribution in [2.45, 2.75) is 12.1 Å². The third-order valence-corrected chi connectivity index (χ3v) is 3.92. The summed E-state index contributed by atoms with van der Waals surface area (Å²) in [7, 11) is 0. The molecule has 0 aliphatic heterocycles. The van der Waals surface area contributed by atoms with Gasteiger partial charge in [0.15, 0.2) is 0 Å². The van der Waals surface area contributed by atoms with Crippen molar-refractivity contribution in [3.63, 3.8) is 0 Å². The van der Waals surface area contributed by atoms with Crippen LogP contribution in [0.2, 0.25) is 0 Å². The summed E-state index contributed by atoms with van der Waals surface area (Å²) in [4.78, 5) is 20.6. The SMILES string of the molecule is Cl.NC(CSCSCC(N)C(=O)O)C(=O)O. The lowest BCUT2D eigenvalue weighted by molar-refractivity contribution is -0.138. The normalized spacial score (nSPS) is 13.6. The highest BCUT2D eigenvalue weighted by Crippen LogP contribution is 2.13. The minimum atomic E-state index is -1.03. The maximum Gasteiger partial charge on any atom is 0.321 e. The molecule has 0 aliphatic carbocycles. The van der Waals surface area contributed by atoms with E-state index in [0.29, 0.717) is 16.6 Å². The van der Waals surface area contributed by atoms with Crippen LogP contribution in [0.3, 0.4) is 0 Å². The molecule has 0 bridgehead atoms. The molecule has 0 spiro atoms. The largest absolute Gasteiger partial charge is 0.480 e. The Kier molecular flexibility index (Phi) is 11.4. The van der Waals surface area contributed by atoms with Crippen LogP contribution in [-0.4, -0.2) is 50.8 Å². The molecule has 0 aromatic heterocycles. The van der Waals surface area contributed by atoms with Crippen LogP contribution in [-0.2, 0) is 9.59 Å². The summed E-state index contributed by atoms with van der Waals surface area (Å²) in [6, 6.07) is -1.74. The highest BCUT2D eigenvalue weighted by molar-refractivity contribution is 8.16. The molecule has 0 saturated carbocycles. The third kappa shape index (κ3) is 9.10. The Hall–Kier alpha value is -0.150. The van der Waals surface area contributed by atoms with Crippen molar-refractivity contribution >= 4 is 47.9 Å². The van der Waals surface area contributed by atoms with Gasteiger partial charge in [0.2, 0.25) is 0 Å². The van der Waals surface area contributed by atoms with E-state index in [2.05, 4.69) is 0 Å². The fourth-order valence-corrected chi connectivity index (χ4v) is 2.59. The summed E-state index contributed by atoms with van der Waals surface area (Å²) >= 11 is 2.70. The zero-order chi connectivity index (χ0) is 11.8. The van der Waals surface area contributed by atoms with Crippen LogP contribution in [0.15, 0.2) is 0 Å². The number of rotatable bonds is 8. The van der Waals surface area contributed by atoms with Gasteiger partial charge < -0.3 is 21.7 Å². The van der Waals surface area contributed by atoms with E-state index in [1.54, 1.807) is 0 Å². The average molecular weight is 291 g/mol. The van der Waals surface area contributed by atoms with Gasteiger partial charge in [-0.1, -0.05) is 0 Å². The second-order valence-electron chi connectivity index (χ2n) is 2.75. The molecule has 0 heterocycles. The Morgan fingerprint density at radius 2 is 1.31 bits per heavy atom. The van der Waals surface area contributed by atoms with Crippen molar-refractivity contribution in [3.8, 4) is 0 Å². The molecule has 6 N–H and O–H groups in total. The van der Waals surface area contributed by atoms with Crippen LogP contribution in [0, 0.1) is 0 Å². The van der Waals surface area contributed by atoms with E-state index in [1.165, 1.54) is 23.5 Å². The first-order valence-electron chi connectivity index (χ1n) is 4.07. The maximum absolute atomic E-state index is 10.3. The number of carboxylic acids is 2. The van der Waals surface area contributed by atoms with Gasteiger partial charge in [-0.25, -0.2) is 0 Å². The van der Waals surface area contributed by atoms with Crippen LogP contribution >= 0.6 is 35.9 Å². The molecule has 0 aromatic rings. The minimum Gasteiger partial charge on any atom is -0.480 e. The quantitative estimate of drug-likeness (QED) is 0.353. The number of hydrogen-bond acceptors (Lipinski definition) is 6. The molecule has 0 aromatic carbocycles. The van der Waals surface area contributed by atoms with Gasteiger partial charge in [-0.15, -0.1) is 35.9 Å². The molecule has 0 radical (unpaired) electrons. The number of carbonyl (C=O) groups is 2. The van der Waals surface area contributed by atoms with E-state index in [4.69, 9.17) is 21.7 Å². The molecular formula is C7H15ClN2O4S2. The van der Waals surface area contributed by atoms with Crippen LogP contribution in [0.25, 0.3) is 0 Å². The lowest BCUT2D eigenvalue weighted by atomic mass is 10.4. The van der Waals surface area contributed by atoms with Gasteiger partial charge in [-0.3, -0.25) is 9.59 Å². The Bertz CT molecular complexity index is 210. The molecular weight excluding hydrogens is 276 g/mol. The second kappa shape index (κ2) is 10.0. The first kappa shape index (κ1) is 18.2. The first-order chi connectivity index (χ1) is 6.95. The molecule has 0 fully saturated rings. The van der Waals surface area contributed by atoms with Crippen molar-refractivity contribution in [2.75, 3.05) is 16.6 Å². The van der Waals surface area contributed by atoms with E-state index in [9.17, 15) is 9.59 Å². The summed E-state index contributed by atoms with van der Waals surface area (Å²) in [5, 5.41) is 17.5. The van der Waals surface area contributed by atoms with Crippen molar-refractivity contribution in [1.82, 2.24) is 0 Å². The number of carboxylic acid groups (broad SMARTS) is 2. The Balaban J connectivity index is 0. The average Bonchev–Trinajstić information content (AvgIpc) is 2.16. The van der Waals surface area contributed by atoms with Crippen LogP contribution in [0.1, 0.15) is 0 Å². The van der Waals surface area contributed by atoms with Crippen molar-refractivity contribution < 1.29 is 19.8 Å². The van der Waals surface area contributed by atoms with Gasteiger partial charge in [-0.2, -0.15) is 0 Å². The number of hydrogen-bond donors (Lipinski definition) is 4. The molecule has 16 heavy (non-hydrogen) atoms. The van der Waals surface area contributed by atoms with Crippen LogP contribution in [0.5, 0.6) is 0 Å². The lowest BCUT2D eigenvalue weighted by Gasteiger charge is -2.07. The predicted molar refractivity (Wildman–Crippen MR) is 68.3 cm³/mol. The van der Waals surface area contributed by atoms with E-state index in [0.717, 1.165) is 0 Å². The van der Waals surface area contributed by atoms with Crippen molar-refractivity contribution in [3.05, 3.63) is 0 Å². The smallest absolute Gasteiger partial charge is 0.321 e. The Labute approximate surface area is 108 Å². The third-order valence-electron chi connectivity index (χ3n) is 1.40. The summed E-state index contributed by atoms with van der Waals surface area (Å²) in [6.45, 7) is 0. The second-order valence-corrected chi connectivity index (χ2v) is 5.17. The molecule has 6 nitrogen and oxygen atoms in total. The number of aliphatic carboxylic acids is 2. The van der Waals surface area contributed by atoms with Crippen molar-refractivity contribution in [2.24, 2.45) is 11.5 Å². The number of nitrogens with two attached hydrogens (primary N) is 2. The van der Waals surface area contributed by atoms with Crippen LogP contribution < -0.4 is 11.5 Å². The summed E-state index contributed by atoms with van der Waals surface area (Å²) in [5.74, 6) is -1.44. The predicted octanol–water partition coefficient (Wildman–Crippen LogP) is -0.344. The summed E-state index contributed by atoms with van der Waals surface area (Å²) in [5.41, 5.74) is 10.5. The topological polar surface area (TPSA) is 127 Å². The van der Waals surface area contributed by atoms with Gasteiger partial charge in [0.25, 0.3) is 0 Å². The number of thioether (sulfide) groups is 2. The molecule has 0 aliphatic rings.